The minimum absolute atomic E-state index is 0.0367. The highest BCUT2D eigenvalue weighted by Gasteiger charge is 2.30. The third-order valence-electron chi connectivity index (χ3n) is 6.16. The number of rotatable bonds is 5. The number of hydrogen-bond acceptors (Lipinski definition) is 2. The SMILES string of the molecule is CCC1=CC(Cl)=C(C(C)C(c2ccc(Cl)cc2Cl)c2ccc3cccnc3c2O)CC=C1. The molecular weight excluding hydrogens is 461 g/mol. The van der Waals surface area contributed by atoms with E-state index in [0.717, 1.165) is 40.0 Å². The number of halogens is 3. The molecule has 1 aliphatic carbocycles. The van der Waals surface area contributed by atoms with Crippen molar-refractivity contribution in [2.45, 2.75) is 32.6 Å². The van der Waals surface area contributed by atoms with Crippen LogP contribution in [-0.4, -0.2) is 10.1 Å². The van der Waals surface area contributed by atoms with Gasteiger partial charge >= 0.3 is 0 Å². The maximum absolute atomic E-state index is 11.3. The number of hydrogen-bond donors (Lipinski definition) is 1. The molecule has 0 amide bonds. The Kier molecular flexibility index (Phi) is 6.95. The molecule has 1 heterocycles. The second-order valence-electron chi connectivity index (χ2n) is 8.06. The predicted molar refractivity (Wildman–Crippen MR) is 136 cm³/mol. The molecule has 0 saturated carbocycles. The van der Waals surface area contributed by atoms with Gasteiger partial charge in [-0.15, -0.1) is 0 Å². The van der Waals surface area contributed by atoms with Gasteiger partial charge < -0.3 is 5.11 Å². The van der Waals surface area contributed by atoms with Crippen LogP contribution >= 0.6 is 34.8 Å². The fourth-order valence-corrected chi connectivity index (χ4v) is 5.33. The van der Waals surface area contributed by atoms with Crippen LogP contribution in [0.2, 0.25) is 10.0 Å². The number of aromatic nitrogens is 1. The lowest BCUT2D eigenvalue weighted by Gasteiger charge is -2.29. The average Bonchev–Trinajstić information content (AvgIpc) is 2.97. The summed E-state index contributed by atoms with van der Waals surface area (Å²) in [6, 6.07) is 13.2. The Morgan fingerprint density at radius 3 is 2.59 bits per heavy atom. The zero-order chi connectivity index (χ0) is 22.8. The Hall–Kier alpha value is -2.26. The summed E-state index contributed by atoms with van der Waals surface area (Å²) in [4.78, 5) is 4.41. The predicted octanol–water partition coefficient (Wildman–Crippen LogP) is 8.80. The van der Waals surface area contributed by atoms with Crippen molar-refractivity contribution in [2.75, 3.05) is 0 Å². The van der Waals surface area contributed by atoms with Gasteiger partial charge in [-0.1, -0.05) is 85.1 Å². The van der Waals surface area contributed by atoms with Crippen molar-refractivity contribution in [3.63, 3.8) is 0 Å². The molecule has 0 fully saturated rings. The van der Waals surface area contributed by atoms with Gasteiger partial charge in [0.2, 0.25) is 0 Å². The van der Waals surface area contributed by atoms with Crippen LogP contribution in [0.3, 0.4) is 0 Å². The monoisotopic (exact) mass is 483 g/mol. The van der Waals surface area contributed by atoms with Crippen LogP contribution < -0.4 is 0 Å². The van der Waals surface area contributed by atoms with Gasteiger partial charge in [-0.3, -0.25) is 4.98 Å². The molecule has 164 valence electrons. The van der Waals surface area contributed by atoms with E-state index in [-0.39, 0.29) is 17.6 Å². The van der Waals surface area contributed by atoms with Gasteiger partial charge in [-0.2, -0.15) is 0 Å². The summed E-state index contributed by atoms with van der Waals surface area (Å²) in [5.74, 6) is -0.109. The molecule has 1 N–H and O–H groups in total. The van der Waals surface area contributed by atoms with Gasteiger partial charge in [0.05, 0.1) is 0 Å². The summed E-state index contributed by atoms with van der Waals surface area (Å²) in [6.07, 6.45) is 9.65. The number of aromatic hydroxyl groups is 1. The lowest BCUT2D eigenvalue weighted by atomic mass is 9.76. The largest absolute Gasteiger partial charge is 0.505 e. The van der Waals surface area contributed by atoms with Gasteiger partial charge in [-0.05, 0) is 59.7 Å². The van der Waals surface area contributed by atoms with E-state index in [9.17, 15) is 5.11 Å². The highest BCUT2D eigenvalue weighted by atomic mass is 35.5. The molecule has 2 nitrogen and oxygen atoms in total. The standard InChI is InChI=1S/C27H24Cl3NO/c1-3-17-6-4-8-20(23(29)14-17)16(2)25(21-12-10-19(28)15-24(21)30)22-11-9-18-7-5-13-31-26(18)27(22)32/h4-7,9-16,25,32H,3,8H2,1-2H3. The van der Waals surface area contributed by atoms with E-state index < -0.39 is 0 Å². The average molecular weight is 485 g/mol. The van der Waals surface area contributed by atoms with Crippen LogP contribution in [0, 0.1) is 5.92 Å². The second kappa shape index (κ2) is 9.70. The van der Waals surface area contributed by atoms with Crippen LogP contribution in [0.1, 0.15) is 43.7 Å². The van der Waals surface area contributed by atoms with Gasteiger partial charge in [0, 0.05) is 38.1 Å². The summed E-state index contributed by atoms with van der Waals surface area (Å²) in [7, 11) is 0. The van der Waals surface area contributed by atoms with Gasteiger partial charge in [0.15, 0.2) is 0 Å². The summed E-state index contributed by atoms with van der Waals surface area (Å²) < 4.78 is 0. The van der Waals surface area contributed by atoms with Crippen LogP contribution in [-0.2, 0) is 0 Å². The van der Waals surface area contributed by atoms with E-state index in [1.807, 2.05) is 42.5 Å². The molecule has 1 aromatic heterocycles. The number of phenolic OH excluding ortho intramolecular Hbond substituents is 1. The van der Waals surface area contributed by atoms with Gasteiger partial charge in [0.1, 0.15) is 11.3 Å². The Labute approximate surface area is 203 Å². The molecular formula is C27H24Cl3NO. The summed E-state index contributed by atoms with van der Waals surface area (Å²) in [5.41, 5.74) is 4.51. The fraction of sp³-hybridized carbons (Fsp3) is 0.222. The van der Waals surface area contributed by atoms with Crippen LogP contribution in [0.5, 0.6) is 5.75 Å². The van der Waals surface area contributed by atoms with Gasteiger partial charge in [-0.25, -0.2) is 0 Å². The molecule has 1 aliphatic rings. The summed E-state index contributed by atoms with van der Waals surface area (Å²) in [5, 5.41) is 14.0. The van der Waals surface area contributed by atoms with Crippen LogP contribution in [0.4, 0.5) is 0 Å². The first-order chi connectivity index (χ1) is 15.4. The number of phenols is 1. The van der Waals surface area contributed by atoms with Crippen molar-refractivity contribution in [1.29, 1.82) is 0 Å². The van der Waals surface area contributed by atoms with E-state index >= 15 is 0 Å². The van der Waals surface area contributed by atoms with E-state index in [0.29, 0.717) is 15.6 Å². The van der Waals surface area contributed by atoms with Crippen molar-refractivity contribution in [1.82, 2.24) is 4.98 Å². The number of fused-ring (bicyclic) bond motifs is 1. The molecule has 2 unspecified atom stereocenters. The number of pyridine rings is 1. The topological polar surface area (TPSA) is 33.1 Å². The minimum atomic E-state index is -0.236. The maximum atomic E-state index is 11.3. The zero-order valence-corrected chi connectivity index (χ0v) is 20.2. The van der Waals surface area contributed by atoms with E-state index in [1.54, 1.807) is 12.3 Å². The third-order valence-corrected chi connectivity index (χ3v) is 7.07. The number of allylic oxidation sites excluding steroid dienone is 6. The molecule has 32 heavy (non-hydrogen) atoms. The quantitative estimate of drug-likeness (QED) is 0.392. The summed E-state index contributed by atoms with van der Waals surface area (Å²) >= 11 is 19.7. The van der Waals surface area contributed by atoms with Crippen LogP contribution in [0.15, 0.2) is 83.1 Å². The molecule has 2 aromatic carbocycles. The third kappa shape index (κ3) is 4.45. The van der Waals surface area contributed by atoms with Gasteiger partial charge in [0.25, 0.3) is 0 Å². The van der Waals surface area contributed by atoms with Crippen molar-refractivity contribution < 1.29 is 5.11 Å². The fourth-order valence-electron chi connectivity index (χ4n) is 4.42. The second-order valence-corrected chi connectivity index (χ2v) is 9.31. The van der Waals surface area contributed by atoms with Crippen molar-refractivity contribution in [2.24, 2.45) is 5.92 Å². The molecule has 0 radical (unpaired) electrons. The molecule has 0 spiro atoms. The van der Waals surface area contributed by atoms with Crippen molar-refractivity contribution in [3.05, 3.63) is 104 Å². The molecule has 4 rings (SSSR count). The maximum Gasteiger partial charge on any atom is 0.145 e. The highest BCUT2D eigenvalue weighted by Crippen LogP contribution is 2.46. The van der Waals surface area contributed by atoms with E-state index in [1.165, 1.54) is 5.57 Å². The van der Waals surface area contributed by atoms with E-state index in [4.69, 9.17) is 34.8 Å². The molecule has 5 heteroatoms. The smallest absolute Gasteiger partial charge is 0.145 e. The Morgan fingerprint density at radius 2 is 1.84 bits per heavy atom. The lowest BCUT2D eigenvalue weighted by Crippen LogP contribution is -2.15. The first-order valence-corrected chi connectivity index (χ1v) is 11.8. The van der Waals surface area contributed by atoms with Crippen molar-refractivity contribution >= 4 is 45.7 Å². The molecule has 0 saturated heterocycles. The molecule has 2 atom stereocenters. The zero-order valence-electron chi connectivity index (χ0n) is 17.9. The lowest BCUT2D eigenvalue weighted by molar-refractivity contribution is 0.459. The van der Waals surface area contributed by atoms with Crippen molar-refractivity contribution in [3.8, 4) is 5.75 Å². The first kappa shape index (κ1) is 22.9. The molecule has 0 aliphatic heterocycles. The summed E-state index contributed by atoms with van der Waals surface area (Å²) in [6.45, 7) is 4.25. The van der Waals surface area contributed by atoms with Crippen LogP contribution in [0.25, 0.3) is 10.9 Å². The minimum Gasteiger partial charge on any atom is -0.505 e. The number of nitrogens with zero attached hydrogens (tertiary/aromatic N) is 1. The Bertz CT molecular complexity index is 1260. The molecule has 0 bridgehead atoms. The first-order valence-electron chi connectivity index (χ1n) is 10.7. The highest BCUT2D eigenvalue weighted by molar-refractivity contribution is 6.35. The van der Waals surface area contributed by atoms with E-state index in [2.05, 4.69) is 31.0 Å². The normalized spacial score (nSPS) is 16.1. The molecule has 3 aromatic rings. The number of benzene rings is 2. The Morgan fingerprint density at radius 1 is 1.06 bits per heavy atom. The Balaban J connectivity index is 1.92.